The Labute approximate surface area is 219 Å². The molecule has 0 saturated carbocycles. The van der Waals surface area contributed by atoms with Crippen molar-refractivity contribution in [2.75, 3.05) is 0 Å². The lowest BCUT2D eigenvalue weighted by molar-refractivity contribution is -0.138. The highest BCUT2D eigenvalue weighted by Gasteiger charge is 2.40. The molecule has 0 N–H and O–H groups in total. The molecular weight excluding hydrogens is 448 g/mol. The van der Waals surface area contributed by atoms with Crippen molar-refractivity contribution in [2.45, 2.75) is 131 Å². The number of ketones is 4. The SMILES string of the molecule is CCC1(C)CC/C=C\CCC(C)(CCCC2(C)CC/C=C\CCC(C)(C)C(=O)CC2=O)C(=O)CC1=O. The second-order valence-electron chi connectivity index (χ2n) is 12.9. The summed E-state index contributed by atoms with van der Waals surface area (Å²) in [5.74, 6) is 0.173. The van der Waals surface area contributed by atoms with Gasteiger partial charge in [0, 0.05) is 21.7 Å². The molecule has 3 unspecified atom stereocenters. The van der Waals surface area contributed by atoms with Crippen molar-refractivity contribution in [1.29, 1.82) is 0 Å². The highest BCUT2D eigenvalue weighted by molar-refractivity contribution is 6.04. The highest BCUT2D eigenvalue weighted by Crippen LogP contribution is 2.40. The van der Waals surface area contributed by atoms with E-state index >= 15 is 0 Å². The molecule has 202 valence electrons. The summed E-state index contributed by atoms with van der Waals surface area (Å²) < 4.78 is 0. The molecule has 2 aliphatic carbocycles. The van der Waals surface area contributed by atoms with Gasteiger partial charge in [-0.05, 0) is 70.6 Å². The average Bonchev–Trinajstić information content (AvgIpc) is 2.84. The van der Waals surface area contributed by atoms with Crippen LogP contribution in [0.1, 0.15) is 131 Å². The molecule has 0 amide bonds. The molecule has 36 heavy (non-hydrogen) atoms. The van der Waals surface area contributed by atoms with Gasteiger partial charge in [-0.15, -0.1) is 0 Å². The summed E-state index contributed by atoms with van der Waals surface area (Å²) in [6.07, 6.45) is 17.8. The molecule has 0 aliphatic heterocycles. The van der Waals surface area contributed by atoms with Gasteiger partial charge < -0.3 is 0 Å². The van der Waals surface area contributed by atoms with E-state index in [4.69, 9.17) is 0 Å². The zero-order valence-electron chi connectivity index (χ0n) is 23.8. The Balaban J connectivity index is 2.16. The molecule has 4 nitrogen and oxygen atoms in total. The van der Waals surface area contributed by atoms with Gasteiger partial charge in [0.2, 0.25) is 0 Å². The molecule has 0 aromatic carbocycles. The van der Waals surface area contributed by atoms with Crippen LogP contribution < -0.4 is 0 Å². The number of carbonyl (C=O) groups is 4. The largest absolute Gasteiger partial charge is 0.299 e. The summed E-state index contributed by atoms with van der Waals surface area (Å²) in [5.41, 5.74) is -2.10. The Morgan fingerprint density at radius 3 is 1.36 bits per heavy atom. The van der Waals surface area contributed by atoms with Gasteiger partial charge in [-0.1, -0.05) is 72.3 Å². The van der Waals surface area contributed by atoms with Crippen LogP contribution in [0.2, 0.25) is 0 Å². The van der Waals surface area contributed by atoms with E-state index in [1.807, 2.05) is 41.5 Å². The van der Waals surface area contributed by atoms with Crippen molar-refractivity contribution in [2.24, 2.45) is 21.7 Å². The van der Waals surface area contributed by atoms with Gasteiger partial charge in [-0.3, -0.25) is 19.2 Å². The van der Waals surface area contributed by atoms with Crippen LogP contribution in [0.5, 0.6) is 0 Å². The number of hydrogen-bond acceptors (Lipinski definition) is 4. The molecule has 0 radical (unpaired) electrons. The Bertz CT molecular complexity index is 879. The van der Waals surface area contributed by atoms with E-state index < -0.39 is 21.7 Å². The Kier molecular flexibility index (Phi) is 10.6. The first-order chi connectivity index (χ1) is 16.8. The summed E-state index contributed by atoms with van der Waals surface area (Å²) in [5, 5.41) is 0. The van der Waals surface area contributed by atoms with E-state index in [-0.39, 0.29) is 36.0 Å². The van der Waals surface area contributed by atoms with Crippen LogP contribution in [-0.4, -0.2) is 23.1 Å². The van der Waals surface area contributed by atoms with Gasteiger partial charge in [0.05, 0.1) is 12.8 Å². The fraction of sp³-hybridized carbons (Fsp3) is 0.750. The van der Waals surface area contributed by atoms with Gasteiger partial charge in [-0.2, -0.15) is 0 Å². The minimum absolute atomic E-state index is 0.00536. The van der Waals surface area contributed by atoms with Gasteiger partial charge in [-0.25, -0.2) is 0 Å². The Morgan fingerprint density at radius 2 is 0.917 bits per heavy atom. The molecule has 0 saturated heterocycles. The predicted octanol–water partition coefficient (Wildman–Crippen LogP) is 7.93. The van der Waals surface area contributed by atoms with Crippen molar-refractivity contribution in [1.82, 2.24) is 0 Å². The summed E-state index contributed by atoms with van der Waals surface area (Å²) in [6, 6.07) is 0. The van der Waals surface area contributed by atoms with E-state index in [2.05, 4.69) is 24.3 Å². The number of hydrogen-bond donors (Lipinski definition) is 0. The summed E-state index contributed by atoms with van der Waals surface area (Å²) in [4.78, 5) is 52.9. The number of carbonyl (C=O) groups excluding carboxylic acids is 4. The maximum atomic E-state index is 13.5. The van der Waals surface area contributed by atoms with Crippen LogP contribution >= 0.6 is 0 Å². The van der Waals surface area contributed by atoms with E-state index in [0.717, 1.165) is 64.2 Å². The van der Waals surface area contributed by atoms with Crippen LogP contribution in [0.3, 0.4) is 0 Å². The third kappa shape index (κ3) is 7.83. The molecule has 0 bridgehead atoms. The molecule has 4 heteroatoms. The van der Waals surface area contributed by atoms with Crippen LogP contribution in [0.4, 0.5) is 0 Å². The molecule has 0 aromatic heterocycles. The maximum Gasteiger partial charge on any atom is 0.146 e. The molecular formula is C32H50O4. The fourth-order valence-electron chi connectivity index (χ4n) is 5.62. The summed E-state index contributed by atoms with van der Waals surface area (Å²) >= 11 is 0. The zero-order chi connectivity index (χ0) is 27.0. The number of allylic oxidation sites excluding steroid dienone is 4. The maximum absolute atomic E-state index is 13.5. The molecule has 0 aromatic rings. The monoisotopic (exact) mass is 498 g/mol. The van der Waals surface area contributed by atoms with Crippen LogP contribution in [0.15, 0.2) is 24.3 Å². The predicted molar refractivity (Wildman–Crippen MR) is 147 cm³/mol. The van der Waals surface area contributed by atoms with E-state index in [1.54, 1.807) is 0 Å². The molecule has 2 rings (SSSR count). The van der Waals surface area contributed by atoms with Crippen molar-refractivity contribution < 1.29 is 19.2 Å². The Morgan fingerprint density at radius 1 is 0.556 bits per heavy atom. The summed E-state index contributed by atoms with van der Waals surface area (Å²) in [6.45, 7) is 11.9. The molecule has 3 atom stereocenters. The topological polar surface area (TPSA) is 68.3 Å². The highest BCUT2D eigenvalue weighted by atomic mass is 16.2. The lowest BCUT2D eigenvalue weighted by atomic mass is 9.69. The normalized spacial score (nSPS) is 34.9. The lowest BCUT2D eigenvalue weighted by Crippen LogP contribution is -2.36. The van der Waals surface area contributed by atoms with E-state index in [9.17, 15) is 19.2 Å². The summed E-state index contributed by atoms with van der Waals surface area (Å²) in [7, 11) is 0. The fourth-order valence-corrected chi connectivity index (χ4v) is 5.62. The molecule has 2 aliphatic rings. The van der Waals surface area contributed by atoms with Crippen molar-refractivity contribution >= 4 is 23.1 Å². The first-order valence-corrected chi connectivity index (χ1v) is 14.2. The first kappa shape index (κ1) is 30.4. The van der Waals surface area contributed by atoms with Crippen molar-refractivity contribution in [3.8, 4) is 0 Å². The van der Waals surface area contributed by atoms with Gasteiger partial charge in [0.15, 0.2) is 0 Å². The van der Waals surface area contributed by atoms with Crippen LogP contribution in [0.25, 0.3) is 0 Å². The van der Waals surface area contributed by atoms with Gasteiger partial charge in [0.25, 0.3) is 0 Å². The quantitative estimate of drug-likeness (QED) is 0.285. The third-order valence-corrected chi connectivity index (χ3v) is 9.51. The molecule has 0 fully saturated rings. The lowest BCUT2D eigenvalue weighted by Gasteiger charge is -2.33. The van der Waals surface area contributed by atoms with Crippen LogP contribution in [0, 0.1) is 21.7 Å². The Hall–Kier alpha value is -1.84. The first-order valence-electron chi connectivity index (χ1n) is 14.2. The minimum Gasteiger partial charge on any atom is -0.299 e. The number of rotatable bonds is 5. The number of Topliss-reactive ketones (excluding diaryl/α,β-unsaturated/α-hetero) is 4. The van der Waals surface area contributed by atoms with Crippen LogP contribution in [-0.2, 0) is 19.2 Å². The van der Waals surface area contributed by atoms with Crippen molar-refractivity contribution in [3.63, 3.8) is 0 Å². The van der Waals surface area contributed by atoms with Gasteiger partial charge >= 0.3 is 0 Å². The van der Waals surface area contributed by atoms with Gasteiger partial charge in [0.1, 0.15) is 23.1 Å². The standard InChI is InChI=1S/C32H50O4/c1-7-30(4)18-13-10-11-15-20-32(6,28(36)24-26(30)34)22-16-21-31(5)19-14-9-8-12-17-29(2,3)25(33)23-27(31)35/h8-11H,7,12-24H2,1-6H3/b9-8-,11-10-. The van der Waals surface area contributed by atoms with Crippen molar-refractivity contribution in [3.05, 3.63) is 24.3 Å². The smallest absolute Gasteiger partial charge is 0.146 e. The third-order valence-electron chi connectivity index (χ3n) is 9.51. The molecule has 0 heterocycles. The van der Waals surface area contributed by atoms with E-state index in [1.165, 1.54) is 0 Å². The second kappa shape index (κ2) is 12.6. The minimum atomic E-state index is -0.580. The molecule has 0 spiro atoms. The zero-order valence-corrected chi connectivity index (χ0v) is 23.8. The van der Waals surface area contributed by atoms with E-state index in [0.29, 0.717) is 12.8 Å². The average molecular weight is 499 g/mol. The second-order valence-corrected chi connectivity index (χ2v) is 12.9.